The first-order chi connectivity index (χ1) is 7.27. The van der Waals surface area contributed by atoms with Crippen LogP contribution in [-0.4, -0.2) is 12.1 Å². The standard InChI is InChI=1S/C8H5F6NO/c1-16-7-4(9)2-3(8(12,13)14)5(15-7)6(10)11/h2,6H,1H3. The number of alkyl halides is 5. The Morgan fingerprint density at radius 1 is 1.31 bits per heavy atom. The third-order valence-electron chi connectivity index (χ3n) is 1.68. The van der Waals surface area contributed by atoms with Gasteiger partial charge in [-0.2, -0.15) is 13.2 Å². The molecule has 0 fully saturated rings. The normalized spacial score (nSPS) is 12.0. The third kappa shape index (κ3) is 2.37. The molecule has 0 radical (unpaired) electrons. The van der Waals surface area contributed by atoms with E-state index in [9.17, 15) is 26.3 Å². The highest BCUT2D eigenvalue weighted by atomic mass is 19.4. The lowest BCUT2D eigenvalue weighted by Gasteiger charge is -2.12. The Hall–Kier alpha value is -1.47. The van der Waals surface area contributed by atoms with Crippen LogP contribution in [0, 0.1) is 5.82 Å². The van der Waals surface area contributed by atoms with E-state index in [0.717, 1.165) is 7.11 Å². The Kier molecular flexibility index (Phi) is 3.30. The molecular weight excluding hydrogens is 240 g/mol. The van der Waals surface area contributed by atoms with Crippen molar-refractivity contribution in [3.8, 4) is 5.88 Å². The largest absolute Gasteiger partial charge is 0.479 e. The zero-order valence-electron chi connectivity index (χ0n) is 7.78. The highest BCUT2D eigenvalue weighted by Gasteiger charge is 2.38. The molecule has 0 amide bonds. The van der Waals surface area contributed by atoms with Crippen LogP contribution in [0.2, 0.25) is 0 Å². The maximum atomic E-state index is 12.9. The van der Waals surface area contributed by atoms with E-state index in [-0.39, 0.29) is 6.07 Å². The van der Waals surface area contributed by atoms with Gasteiger partial charge in [-0.05, 0) is 6.07 Å². The van der Waals surface area contributed by atoms with Crippen LogP contribution in [0.5, 0.6) is 5.88 Å². The summed E-state index contributed by atoms with van der Waals surface area (Å²) >= 11 is 0. The fourth-order valence-corrected chi connectivity index (χ4v) is 1.02. The van der Waals surface area contributed by atoms with Crippen molar-refractivity contribution in [2.24, 2.45) is 0 Å². The van der Waals surface area contributed by atoms with Crippen molar-refractivity contribution in [3.05, 3.63) is 23.1 Å². The van der Waals surface area contributed by atoms with Crippen LogP contribution in [0.3, 0.4) is 0 Å². The zero-order valence-corrected chi connectivity index (χ0v) is 7.78. The lowest BCUT2D eigenvalue weighted by atomic mass is 10.2. The van der Waals surface area contributed by atoms with Gasteiger partial charge in [-0.15, -0.1) is 0 Å². The molecule has 1 rings (SSSR count). The van der Waals surface area contributed by atoms with Gasteiger partial charge in [0, 0.05) is 0 Å². The van der Waals surface area contributed by atoms with Crippen LogP contribution < -0.4 is 4.74 Å². The predicted octanol–water partition coefficient (Wildman–Crippen LogP) is 3.19. The minimum absolute atomic E-state index is 0.0622. The molecular formula is C8H5F6NO. The van der Waals surface area contributed by atoms with Gasteiger partial charge in [-0.25, -0.2) is 18.2 Å². The predicted molar refractivity (Wildman–Crippen MR) is 40.7 cm³/mol. The summed E-state index contributed by atoms with van der Waals surface area (Å²) in [6.07, 6.45) is -8.56. The molecule has 1 heterocycles. The van der Waals surface area contributed by atoms with Gasteiger partial charge < -0.3 is 4.74 Å². The maximum absolute atomic E-state index is 12.9. The summed E-state index contributed by atoms with van der Waals surface area (Å²) < 4.78 is 78.4. The molecule has 0 aliphatic heterocycles. The number of hydrogen-bond acceptors (Lipinski definition) is 2. The number of nitrogens with zero attached hydrogens (tertiary/aromatic N) is 1. The summed E-state index contributed by atoms with van der Waals surface area (Å²) in [6.45, 7) is 0. The summed E-state index contributed by atoms with van der Waals surface area (Å²) in [5.74, 6) is -2.34. The Labute approximate surface area is 85.9 Å². The molecule has 0 saturated heterocycles. The lowest BCUT2D eigenvalue weighted by molar-refractivity contribution is -0.140. The van der Waals surface area contributed by atoms with E-state index in [2.05, 4.69) is 9.72 Å². The minimum atomic E-state index is -5.09. The van der Waals surface area contributed by atoms with Crippen molar-refractivity contribution in [2.45, 2.75) is 12.6 Å². The van der Waals surface area contributed by atoms with Crippen LogP contribution >= 0.6 is 0 Å². The molecule has 0 atom stereocenters. The SMILES string of the molecule is COc1nc(C(F)F)c(C(F)(F)F)cc1F. The number of hydrogen-bond donors (Lipinski definition) is 0. The Morgan fingerprint density at radius 3 is 2.25 bits per heavy atom. The second-order valence-corrected chi connectivity index (χ2v) is 2.71. The smallest absolute Gasteiger partial charge is 0.418 e. The summed E-state index contributed by atoms with van der Waals surface area (Å²) in [4.78, 5) is 2.79. The van der Waals surface area contributed by atoms with E-state index in [4.69, 9.17) is 0 Å². The fraction of sp³-hybridized carbons (Fsp3) is 0.375. The average molecular weight is 245 g/mol. The Morgan fingerprint density at radius 2 is 1.88 bits per heavy atom. The van der Waals surface area contributed by atoms with Gasteiger partial charge in [0.05, 0.1) is 12.7 Å². The minimum Gasteiger partial charge on any atom is -0.479 e. The van der Waals surface area contributed by atoms with Crippen molar-refractivity contribution >= 4 is 0 Å². The molecule has 90 valence electrons. The van der Waals surface area contributed by atoms with E-state index in [1.807, 2.05) is 0 Å². The van der Waals surface area contributed by atoms with Crippen molar-refractivity contribution in [2.75, 3.05) is 7.11 Å². The quantitative estimate of drug-likeness (QED) is 0.746. The molecule has 2 nitrogen and oxygen atoms in total. The molecule has 1 aromatic rings. The van der Waals surface area contributed by atoms with Gasteiger partial charge in [0.1, 0.15) is 5.69 Å². The number of pyridine rings is 1. The maximum Gasteiger partial charge on any atom is 0.418 e. The van der Waals surface area contributed by atoms with Crippen LogP contribution in [0.1, 0.15) is 17.7 Å². The number of rotatable bonds is 2. The van der Waals surface area contributed by atoms with Crippen molar-refractivity contribution < 1.29 is 31.1 Å². The van der Waals surface area contributed by atoms with Crippen molar-refractivity contribution in [3.63, 3.8) is 0 Å². The molecule has 0 aromatic carbocycles. The number of aromatic nitrogens is 1. The zero-order chi connectivity index (χ0) is 12.5. The second kappa shape index (κ2) is 4.18. The van der Waals surface area contributed by atoms with Crippen LogP contribution in [0.25, 0.3) is 0 Å². The highest BCUT2D eigenvalue weighted by molar-refractivity contribution is 5.30. The monoisotopic (exact) mass is 245 g/mol. The van der Waals surface area contributed by atoms with E-state index < -0.39 is 35.6 Å². The highest BCUT2D eigenvalue weighted by Crippen LogP contribution is 2.37. The van der Waals surface area contributed by atoms with Gasteiger partial charge >= 0.3 is 6.18 Å². The van der Waals surface area contributed by atoms with Crippen LogP contribution in [0.15, 0.2) is 6.07 Å². The lowest BCUT2D eigenvalue weighted by Crippen LogP contribution is -2.13. The number of ether oxygens (including phenoxy) is 1. The molecule has 1 aromatic heterocycles. The average Bonchev–Trinajstić information content (AvgIpc) is 2.15. The van der Waals surface area contributed by atoms with E-state index >= 15 is 0 Å². The molecule has 16 heavy (non-hydrogen) atoms. The second-order valence-electron chi connectivity index (χ2n) is 2.71. The summed E-state index contributed by atoms with van der Waals surface area (Å²) in [5.41, 5.74) is -3.36. The van der Waals surface area contributed by atoms with Gasteiger partial charge in [0.2, 0.25) is 0 Å². The first-order valence-electron chi connectivity index (χ1n) is 3.87. The molecule has 0 spiro atoms. The Bertz CT molecular complexity index is 389. The van der Waals surface area contributed by atoms with E-state index in [1.165, 1.54) is 0 Å². The molecule has 0 bridgehead atoms. The number of halogens is 6. The van der Waals surface area contributed by atoms with Gasteiger partial charge in [-0.3, -0.25) is 0 Å². The van der Waals surface area contributed by atoms with Crippen LogP contribution in [-0.2, 0) is 6.18 Å². The first-order valence-corrected chi connectivity index (χ1v) is 3.87. The molecule has 0 N–H and O–H groups in total. The fourth-order valence-electron chi connectivity index (χ4n) is 1.02. The molecule has 0 aliphatic carbocycles. The van der Waals surface area contributed by atoms with Crippen LogP contribution in [0.4, 0.5) is 26.3 Å². The van der Waals surface area contributed by atoms with Crippen molar-refractivity contribution in [1.82, 2.24) is 4.98 Å². The topological polar surface area (TPSA) is 22.1 Å². The van der Waals surface area contributed by atoms with E-state index in [1.54, 1.807) is 0 Å². The summed E-state index contributed by atoms with van der Waals surface area (Å²) in [6, 6.07) is -0.0622. The molecule has 0 saturated carbocycles. The van der Waals surface area contributed by atoms with Gasteiger partial charge in [0.15, 0.2) is 5.82 Å². The van der Waals surface area contributed by atoms with Crippen molar-refractivity contribution in [1.29, 1.82) is 0 Å². The van der Waals surface area contributed by atoms with Gasteiger partial charge in [-0.1, -0.05) is 0 Å². The molecule has 0 unspecified atom stereocenters. The van der Waals surface area contributed by atoms with E-state index in [0.29, 0.717) is 0 Å². The first kappa shape index (κ1) is 12.6. The third-order valence-corrected chi connectivity index (χ3v) is 1.68. The summed E-state index contributed by atoms with van der Waals surface area (Å²) in [5, 5.41) is 0. The number of methoxy groups -OCH3 is 1. The molecule has 0 aliphatic rings. The van der Waals surface area contributed by atoms with Gasteiger partial charge in [0.25, 0.3) is 12.3 Å². The molecule has 8 heteroatoms. The Balaban J connectivity index is 3.42. The summed E-state index contributed by atoms with van der Waals surface area (Å²) in [7, 11) is 0.911.